The molecule has 3 rings (SSSR count). The summed E-state index contributed by atoms with van der Waals surface area (Å²) in [6.45, 7) is 2.54. The molecule has 0 bridgehead atoms. The smallest absolute Gasteiger partial charge is 0.346 e. The normalized spacial score (nSPS) is 31.5. The third-order valence-electron chi connectivity index (χ3n) is 3.86. The zero-order valence-electron chi connectivity index (χ0n) is 14.5. The molecule has 2 fully saturated rings. The average Bonchev–Trinajstić information content (AvgIpc) is 2.97. The third-order valence-corrected chi connectivity index (χ3v) is 6.01. The van der Waals surface area contributed by atoms with Crippen molar-refractivity contribution in [2.75, 3.05) is 6.61 Å². The Hall–Kier alpha value is -1.18. The van der Waals surface area contributed by atoms with Crippen LogP contribution in [0.3, 0.4) is 0 Å². The molecular weight excluding hydrogens is 426 g/mol. The molecule has 2 aliphatic heterocycles. The van der Waals surface area contributed by atoms with Crippen LogP contribution in [0.15, 0.2) is 21.9 Å². The van der Waals surface area contributed by atoms with Crippen LogP contribution in [-0.2, 0) is 32.2 Å². The lowest BCUT2D eigenvalue weighted by atomic mass is 10.1. The fraction of sp³-hybridized carbons (Fsp3) is 0.667. The summed E-state index contributed by atoms with van der Waals surface area (Å²) >= 11 is 0. The van der Waals surface area contributed by atoms with Crippen LogP contribution in [0.2, 0.25) is 0 Å². The van der Waals surface area contributed by atoms with E-state index in [4.69, 9.17) is 24.0 Å². The van der Waals surface area contributed by atoms with E-state index in [1.807, 2.05) is 0 Å². The Morgan fingerprint density at radius 2 is 1.86 bits per heavy atom. The number of aromatic amines is 1. The Bertz CT molecular complexity index is 950. The molecule has 0 amide bonds. The second kappa shape index (κ2) is 7.26. The van der Waals surface area contributed by atoms with Gasteiger partial charge in [0.2, 0.25) is 0 Å². The first kappa shape index (κ1) is 21.5. The summed E-state index contributed by atoms with van der Waals surface area (Å²) in [5.74, 6) is -1.08. The van der Waals surface area contributed by atoms with Gasteiger partial charge in [0.1, 0.15) is 18.3 Å². The molecule has 16 heteroatoms. The standard InChI is InChI=1S/C12H18N2O12P2/c1-12(2)24-8-6(5-22-28(20,21)26-27(17,18)19)23-10(9(8)25-12)14-4-3-7(15)13-11(14)16/h3-4,6,8-10H,5H2,1-2H3,(H,20,21)(H,13,15,16)(H2,17,18,19)/t6-,8-,9-,10-/m1/s1. The average molecular weight is 444 g/mol. The molecular formula is C12H18N2O12P2. The van der Waals surface area contributed by atoms with E-state index in [-0.39, 0.29) is 0 Å². The molecule has 4 N–H and O–H groups in total. The van der Waals surface area contributed by atoms with Crippen molar-refractivity contribution >= 4 is 15.6 Å². The molecule has 0 spiro atoms. The van der Waals surface area contributed by atoms with Crippen molar-refractivity contribution in [1.82, 2.24) is 9.55 Å². The van der Waals surface area contributed by atoms with Gasteiger partial charge in [0.05, 0.1) is 6.61 Å². The van der Waals surface area contributed by atoms with Gasteiger partial charge in [-0.3, -0.25) is 18.9 Å². The maximum absolute atomic E-state index is 12.1. The molecule has 1 aromatic heterocycles. The van der Waals surface area contributed by atoms with Crippen molar-refractivity contribution in [2.45, 2.75) is 44.2 Å². The summed E-state index contributed by atoms with van der Waals surface area (Å²) in [6, 6.07) is 1.10. The Labute approximate surface area is 156 Å². The summed E-state index contributed by atoms with van der Waals surface area (Å²) in [7, 11) is -10.4. The van der Waals surface area contributed by atoms with E-state index in [1.54, 1.807) is 13.8 Å². The van der Waals surface area contributed by atoms with Crippen LogP contribution in [0.5, 0.6) is 0 Å². The minimum atomic E-state index is -5.28. The highest BCUT2D eigenvalue weighted by Gasteiger charge is 2.56. The zero-order valence-corrected chi connectivity index (χ0v) is 16.3. The van der Waals surface area contributed by atoms with Gasteiger partial charge in [-0.1, -0.05) is 0 Å². The highest BCUT2D eigenvalue weighted by atomic mass is 31.3. The SMILES string of the molecule is CC1(C)O[C@@H]2[C@H](O1)[C@@H](COP(=O)(O)OP(=O)(O)O)O[C@H]2n1ccc(=O)[nH]c1=O. The van der Waals surface area contributed by atoms with Gasteiger partial charge in [0.25, 0.3) is 5.56 Å². The first-order valence-electron chi connectivity index (χ1n) is 7.83. The lowest BCUT2D eigenvalue weighted by Crippen LogP contribution is -2.37. The molecule has 2 saturated heterocycles. The quantitative estimate of drug-likeness (QED) is 0.399. The van der Waals surface area contributed by atoms with Gasteiger partial charge >= 0.3 is 21.3 Å². The monoisotopic (exact) mass is 444 g/mol. The maximum Gasteiger partial charge on any atom is 0.481 e. The molecule has 0 aliphatic carbocycles. The third kappa shape index (κ3) is 4.86. The molecule has 1 aromatic rings. The molecule has 3 heterocycles. The number of rotatable bonds is 6. The Morgan fingerprint density at radius 1 is 1.21 bits per heavy atom. The van der Waals surface area contributed by atoms with Crippen molar-refractivity contribution in [3.8, 4) is 0 Å². The van der Waals surface area contributed by atoms with Crippen LogP contribution in [0, 0.1) is 0 Å². The van der Waals surface area contributed by atoms with Crippen LogP contribution in [-0.4, -0.2) is 54.9 Å². The molecule has 2 aliphatic rings. The van der Waals surface area contributed by atoms with E-state index in [9.17, 15) is 23.6 Å². The zero-order chi connectivity index (χ0) is 20.9. The first-order chi connectivity index (χ1) is 12.8. The molecule has 5 atom stereocenters. The van der Waals surface area contributed by atoms with Crippen molar-refractivity contribution in [2.24, 2.45) is 0 Å². The van der Waals surface area contributed by atoms with E-state index in [2.05, 4.69) is 13.8 Å². The number of phosphoric acid groups is 2. The van der Waals surface area contributed by atoms with E-state index in [0.29, 0.717) is 0 Å². The number of fused-ring (bicyclic) bond motifs is 1. The predicted molar refractivity (Wildman–Crippen MR) is 88.0 cm³/mol. The van der Waals surface area contributed by atoms with Crippen molar-refractivity contribution in [3.63, 3.8) is 0 Å². The topological polar surface area (TPSA) is 196 Å². The highest BCUT2D eigenvalue weighted by molar-refractivity contribution is 7.60. The number of ether oxygens (including phenoxy) is 3. The summed E-state index contributed by atoms with van der Waals surface area (Å²) in [5, 5.41) is 0. The van der Waals surface area contributed by atoms with Gasteiger partial charge in [-0.05, 0) is 13.8 Å². The minimum absolute atomic E-state index is 0.615. The van der Waals surface area contributed by atoms with E-state index in [1.165, 1.54) is 6.20 Å². The summed E-state index contributed by atoms with van der Waals surface area (Å²) in [6.07, 6.45) is -2.63. The number of nitrogens with zero attached hydrogens (tertiary/aromatic N) is 1. The second-order valence-electron chi connectivity index (χ2n) is 6.48. The van der Waals surface area contributed by atoms with Crippen molar-refractivity contribution in [3.05, 3.63) is 33.1 Å². The van der Waals surface area contributed by atoms with Crippen molar-refractivity contribution in [1.29, 1.82) is 0 Å². The second-order valence-corrected chi connectivity index (χ2v) is 9.31. The summed E-state index contributed by atoms with van der Waals surface area (Å²) in [4.78, 5) is 52.1. The largest absolute Gasteiger partial charge is 0.481 e. The molecule has 0 aromatic carbocycles. The minimum Gasteiger partial charge on any atom is -0.346 e. The summed E-state index contributed by atoms with van der Waals surface area (Å²) < 4.78 is 48.8. The molecule has 28 heavy (non-hydrogen) atoms. The maximum atomic E-state index is 12.1. The van der Waals surface area contributed by atoms with Gasteiger partial charge in [0, 0.05) is 12.3 Å². The van der Waals surface area contributed by atoms with Gasteiger partial charge in [-0.25, -0.2) is 13.9 Å². The van der Waals surface area contributed by atoms with Crippen LogP contribution >= 0.6 is 15.6 Å². The van der Waals surface area contributed by atoms with Crippen LogP contribution in [0.1, 0.15) is 20.1 Å². The highest BCUT2D eigenvalue weighted by Crippen LogP contribution is 2.58. The Morgan fingerprint density at radius 3 is 2.46 bits per heavy atom. The van der Waals surface area contributed by atoms with Crippen LogP contribution in [0.25, 0.3) is 0 Å². The number of H-pyrrole nitrogens is 1. The molecule has 0 radical (unpaired) electrons. The Kier molecular flexibility index (Phi) is 5.58. The summed E-state index contributed by atoms with van der Waals surface area (Å²) in [5.41, 5.74) is -1.39. The molecule has 0 saturated carbocycles. The van der Waals surface area contributed by atoms with Gasteiger partial charge in [-0.15, -0.1) is 0 Å². The first-order valence-corrected chi connectivity index (χ1v) is 10.9. The van der Waals surface area contributed by atoms with Gasteiger partial charge in [-0.2, -0.15) is 4.31 Å². The van der Waals surface area contributed by atoms with Gasteiger partial charge < -0.3 is 28.9 Å². The molecule has 1 unspecified atom stereocenters. The van der Waals surface area contributed by atoms with E-state index < -0.39 is 63.8 Å². The van der Waals surface area contributed by atoms with Crippen LogP contribution < -0.4 is 11.2 Å². The number of aromatic nitrogens is 2. The number of hydrogen-bond donors (Lipinski definition) is 4. The predicted octanol–water partition coefficient (Wildman–Crippen LogP) is -0.820. The molecule has 158 valence electrons. The Balaban J connectivity index is 1.81. The lowest BCUT2D eigenvalue weighted by Gasteiger charge is -2.25. The van der Waals surface area contributed by atoms with Crippen LogP contribution in [0.4, 0.5) is 0 Å². The fourth-order valence-corrected chi connectivity index (χ4v) is 4.57. The molecule has 14 nitrogen and oxygen atoms in total. The van der Waals surface area contributed by atoms with Gasteiger partial charge in [0.15, 0.2) is 12.0 Å². The van der Waals surface area contributed by atoms with E-state index >= 15 is 0 Å². The van der Waals surface area contributed by atoms with Crippen molar-refractivity contribution < 1.29 is 46.9 Å². The number of phosphoric ester groups is 1. The lowest BCUT2D eigenvalue weighted by molar-refractivity contribution is -0.200. The van der Waals surface area contributed by atoms with E-state index in [0.717, 1.165) is 10.6 Å². The number of nitrogens with one attached hydrogen (secondary N) is 1. The number of hydrogen-bond acceptors (Lipinski definition) is 9. The fourth-order valence-electron chi connectivity index (χ4n) is 2.97.